The Balaban J connectivity index is 1.47. The fourth-order valence-corrected chi connectivity index (χ4v) is 4.75. The fraction of sp³-hybridized carbons (Fsp3) is 0.500. The molecule has 0 saturated carbocycles. The van der Waals surface area contributed by atoms with Gasteiger partial charge in [0.15, 0.2) is 5.82 Å². The molecule has 1 saturated heterocycles. The smallest absolute Gasteiger partial charge is 0.244 e. The Morgan fingerprint density at radius 1 is 1.21 bits per heavy atom. The molecule has 204 valence electrons. The zero-order valence-electron chi connectivity index (χ0n) is 21.0. The van der Waals surface area contributed by atoms with Gasteiger partial charge in [-0.2, -0.15) is 4.98 Å². The van der Waals surface area contributed by atoms with Crippen LogP contribution in [0.4, 0.5) is 23.5 Å². The molecule has 0 bridgehead atoms. The van der Waals surface area contributed by atoms with Gasteiger partial charge in [-0.15, -0.1) is 10.2 Å². The quantitative estimate of drug-likeness (QED) is 0.309. The van der Waals surface area contributed by atoms with E-state index in [2.05, 4.69) is 25.7 Å². The van der Waals surface area contributed by atoms with E-state index in [0.717, 1.165) is 4.68 Å². The summed E-state index contributed by atoms with van der Waals surface area (Å²) in [6, 6.07) is 3.11. The van der Waals surface area contributed by atoms with E-state index in [9.17, 15) is 13.2 Å². The molecule has 14 heteroatoms. The molecule has 0 spiro atoms. The summed E-state index contributed by atoms with van der Waals surface area (Å²) in [4.78, 5) is 6.37. The lowest BCUT2D eigenvalue weighted by atomic mass is 10.0. The molecule has 38 heavy (non-hydrogen) atoms. The second kappa shape index (κ2) is 11.1. The van der Waals surface area contributed by atoms with Crippen LogP contribution in [-0.4, -0.2) is 101 Å². The summed E-state index contributed by atoms with van der Waals surface area (Å²) < 4.78 is 69.8. The van der Waals surface area contributed by atoms with E-state index in [1.54, 1.807) is 25.3 Å². The standard InChI is InChI=1S/C24H28F4N8O2/c1-37-8-7-34-6-5-18(16(27)12-34)29-24-30-23(38-2)22-21(17(28)13-35(22)32-24)14-3-4-19-20(9-14)36(33-31-19)15(10-25)11-26/h3-4,9,13,15-16,18H,5-8,10-12H2,1-2H3,(H,29,32)/t16-,18-/m0/s1. The highest BCUT2D eigenvalue weighted by atomic mass is 19.1. The first-order valence-corrected chi connectivity index (χ1v) is 12.2. The van der Waals surface area contributed by atoms with Gasteiger partial charge < -0.3 is 14.8 Å². The van der Waals surface area contributed by atoms with E-state index in [0.29, 0.717) is 42.7 Å². The Labute approximate surface area is 215 Å². The van der Waals surface area contributed by atoms with Crippen molar-refractivity contribution >= 4 is 22.5 Å². The molecule has 10 nitrogen and oxygen atoms in total. The maximum absolute atomic E-state index is 15.3. The number of rotatable bonds is 10. The number of likely N-dealkylation sites (tertiary alicyclic amines) is 1. The van der Waals surface area contributed by atoms with Crippen molar-refractivity contribution in [3.63, 3.8) is 0 Å². The van der Waals surface area contributed by atoms with Crippen LogP contribution >= 0.6 is 0 Å². The van der Waals surface area contributed by atoms with Gasteiger partial charge in [-0.25, -0.2) is 26.8 Å². The minimum atomic E-state index is -1.16. The molecular formula is C24H28F4N8O2. The molecule has 5 rings (SSSR count). The molecule has 2 atom stereocenters. The maximum Gasteiger partial charge on any atom is 0.244 e. The second-order valence-electron chi connectivity index (χ2n) is 9.14. The van der Waals surface area contributed by atoms with Crippen LogP contribution in [0.2, 0.25) is 0 Å². The predicted molar refractivity (Wildman–Crippen MR) is 132 cm³/mol. The highest BCUT2D eigenvalue weighted by Crippen LogP contribution is 2.35. The number of ether oxygens (including phenoxy) is 2. The third-order valence-corrected chi connectivity index (χ3v) is 6.76. The van der Waals surface area contributed by atoms with Gasteiger partial charge in [0.05, 0.1) is 37.0 Å². The lowest BCUT2D eigenvalue weighted by molar-refractivity contribution is 0.0918. The van der Waals surface area contributed by atoms with Gasteiger partial charge in [0.25, 0.3) is 0 Å². The summed E-state index contributed by atoms with van der Waals surface area (Å²) >= 11 is 0. The van der Waals surface area contributed by atoms with E-state index in [1.807, 2.05) is 4.90 Å². The molecular weight excluding hydrogens is 508 g/mol. The summed E-state index contributed by atoms with van der Waals surface area (Å²) in [7, 11) is 3.00. The number of halogens is 4. The SMILES string of the molecule is COCCN1CC[C@H](Nc2nc(OC)c3c(-c4ccc5nnn(C(CF)CF)c5c4)c(F)cn3n2)[C@@H](F)C1. The van der Waals surface area contributed by atoms with Crippen LogP contribution < -0.4 is 10.1 Å². The molecule has 1 fully saturated rings. The Morgan fingerprint density at radius 2 is 2.03 bits per heavy atom. The van der Waals surface area contributed by atoms with Crippen molar-refractivity contribution in [3.8, 4) is 17.0 Å². The Hall–Kier alpha value is -3.52. The van der Waals surface area contributed by atoms with Crippen molar-refractivity contribution in [1.82, 2.24) is 34.5 Å². The van der Waals surface area contributed by atoms with Crippen molar-refractivity contribution in [1.29, 1.82) is 0 Å². The predicted octanol–water partition coefficient (Wildman–Crippen LogP) is 3.24. The second-order valence-corrected chi connectivity index (χ2v) is 9.14. The summed E-state index contributed by atoms with van der Waals surface area (Å²) in [6.07, 6.45) is 0.539. The summed E-state index contributed by atoms with van der Waals surface area (Å²) in [5, 5.41) is 15.2. The van der Waals surface area contributed by atoms with E-state index in [-0.39, 0.29) is 29.5 Å². The largest absolute Gasteiger partial charge is 0.479 e. The molecule has 4 heterocycles. The third kappa shape index (κ3) is 4.85. The number of nitrogens with one attached hydrogen (secondary N) is 1. The highest BCUT2D eigenvalue weighted by molar-refractivity contribution is 5.89. The molecule has 0 radical (unpaired) electrons. The number of alkyl halides is 3. The molecule has 0 unspecified atom stereocenters. The Kier molecular flexibility index (Phi) is 7.61. The summed E-state index contributed by atoms with van der Waals surface area (Å²) in [6.45, 7) is 0.181. The average molecular weight is 537 g/mol. The van der Waals surface area contributed by atoms with Crippen LogP contribution in [-0.2, 0) is 4.74 Å². The van der Waals surface area contributed by atoms with Gasteiger partial charge >= 0.3 is 0 Å². The van der Waals surface area contributed by atoms with Crippen LogP contribution in [0.3, 0.4) is 0 Å². The number of nitrogens with zero attached hydrogens (tertiary/aromatic N) is 7. The number of fused-ring (bicyclic) bond motifs is 2. The van der Waals surface area contributed by atoms with Gasteiger partial charge in [-0.1, -0.05) is 11.3 Å². The number of benzene rings is 1. The van der Waals surface area contributed by atoms with Crippen molar-refractivity contribution in [2.75, 3.05) is 59.1 Å². The van der Waals surface area contributed by atoms with E-state index in [4.69, 9.17) is 9.47 Å². The van der Waals surface area contributed by atoms with Crippen molar-refractivity contribution in [3.05, 3.63) is 30.2 Å². The van der Waals surface area contributed by atoms with Crippen LogP contribution in [0, 0.1) is 5.82 Å². The number of methoxy groups -OCH3 is 2. The number of hydrogen-bond donors (Lipinski definition) is 1. The number of hydrogen-bond acceptors (Lipinski definition) is 8. The fourth-order valence-electron chi connectivity index (χ4n) is 4.75. The molecule has 1 aliphatic rings. The normalized spacial score (nSPS) is 18.6. The van der Waals surface area contributed by atoms with E-state index >= 15 is 4.39 Å². The number of aromatic nitrogens is 6. The first-order valence-electron chi connectivity index (χ1n) is 12.2. The van der Waals surface area contributed by atoms with Gasteiger partial charge in [0.2, 0.25) is 11.8 Å². The molecule has 1 aliphatic heterocycles. The first kappa shape index (κ1) is 26.1. The molecule has 4 aromatic rings. The van der Waals surface area contributed by atoms with Crippen LogP contribution in [0.15, 0.2) is 24.4 Å². The van der Waals surface area contributed by atoms with Gasteiger partial charge in [-0.3, -0.25) is 4.90 Å². The van der Waals surface area contributed by atoms with Crippen LogP contribution in [0.5, 0.6) is 5.88 Å². The first-order chi connectivity index (χ1) is 18.5. The van der Waals surface area contributed by atoms with E-state index < -0.39 is 37.4 Å². The van der Waals surface area contributed by atoms with E-state index in [1.165, 1.54) is 17.8 Å². The molecule has 1 N–H and O–H groups in total. The average Bonchev–Trinajstić information content (AvgIpc) is 3.49. The van der Waals surface area contributed by atoms with Crippen molar-refractivity contribution < 1.29 is 27.0 Å². The summed E-state index contributed by atoms with van der Waals surface area (Å²) in [5.74, 6) is -0.442. The third-order valence-electron chi connectivity index (χ3n) is 6.76. The van der Waals surface area contributed by atoms with Gasteiger partial charge in [0, 0.05) is 26.7 Å². The topological polar surface area (TPSA) is 94.6 Å². The van der Waals surface area contributed by atoms with Crippen molar-refractivity contribution in [2.24, 2.45) is 0 Å². The minimum Gasteiger partial charge on any atom is -0.479 e. The molecule has 0 aliphatic carbocycles. The number of piperidine rings is 1. The Bertz CT molecular complexity index is 1410. The van der Waals surface area contributed by atoms with Crippen molar-refractivity contribution in [2.45, 2.75) is 24.7 Å². The lowest BCUT2D eigenvalue weighted by Crippen LogP contribution is -2.48. The lowest BCUT2D eigenvalue weighted by Gasteiger charge is -2.34. The highest BCUT2D eigenvalue weighted by Gasteiger charge is 2.30. The molecule has 0 amide bonds. The van der Waals surface area contributed by atoms with Gasteiger partial charge in [-0.05, 0) is 24.1 Å². The molecule has 1 aromatic carbocycles. The maximum atomic E-state index is 15.3. The van der Waals surface area contributed by atoms with Crippen LogP contribution in [0.25, 0.3) is 27.7 Å². The van der Waals surface area contributed by atoms with Gasteiger partial charge in [0.1, 0.15) is 36.6 Å². The zero-order valence-corrected chi connectivity index (χ0v) is 21.0. The number of anilines is 1. The Morgan fingerprint density at radius 3 is 2.74 bits per heavy atom. The summed E-state index contributed by atoms with van der Waals surface area (Å²) in [5.41, 5.74) is 1.54. The monoisotopic (exact) mass is 536 g/mol. The molecule has 3 aromatic heterocycles. The van der Waals surface area contributed by atoms with Crippen LogP contribution in [0.1, 0.15) is 12.5 Å². The zero-order chi connectivity index (χ0) is 26.8. The minimum absolute atomic E-state index is 0.0754.